The molecule has 1 N–H and O–H groups in total. The van der Waals surface area contributed by atoms with Gasteiger partial charge in [-0.15, -0.1) is 0 Å². The summed E-state index contributed by atoms with van der Waals surface area (Å²) in [6, 6.07) is 5.49. The molecule has 0 fully saturated rings. The van der Waals surface area contributed by atoms with Gasteiger partial charge in [0.15, 0.2) is 0 Å². The highest BCUT2D eigenvalue weighted by Crippen LogP contribution is 2.35. The van der Waals surface area contributed by atoms with Crippen LogP contribution in [0.15, 0.2) is 18.2 Å². The Morgan fingerprint density at radius 1 is 1.15 bits per heavy atom. The SMILES string of the molecule is CC(C)(C)c1nn(-c2cc(Cl)cc(Cl)c2)c2c1CCN2. The topological polar surface area (TPSA) is 29.9 Å². The molecule has 0 saturated carbocycles. The van der Waals surface area contributed by atoms with Gasteiger partial charge in [0.25, 0.3) is 0 Å². The number of benzene rings is 1. The Kier molecular flexibility index (Phi) is 3.22. The van der Waals surface area contributed by atoms with E-state index in [4.69, 9.17) is 28.3 Å². The minimum absolute atomic E-state index is 0.0176. The molecule has 0 unspecified atom stereocenters. The zero-order chi connectivity index (χ0) is 14.5. The predicted octanol–water partition coefficient (Wildman–Crippen LogP) is 4.44. The first-order valence-corrected chi connectivity index (χ1v) is 7.44. The van der Waals surface area contributed by atoms with Crippen molar-refractivity contribution in [2.75, 3.05) is 11.9 Å². The van der Waals surface area contributed by atoms with Crippen molar-refractivity contribution in [1.82, 2.24) is 9.78 Å². The maximum Gasteiger partial charge on any atom is 0.133 e. The summed E-state index contributed by atoms with van der Waals surface area (Å²) in [5.74, 6) is 1.06. The van der Waals surface area contributed by atoms with Gasteiger partial charge in [0.05, 0.1) is 11.4 Å². The lowest BCUT2D eigenvalue weighted by Gasteiger charge is -2.16. The Morgan fingerprint density at radius 2 is 1.80 bits per heavy atom. The third-order valence-electron chi connectivity index (χ3n) is 3.45. The number of nitrogens with zero attached hydrogens (tertiary/aromatic N) is 2. The maximum absolute atomic E-state index is 6.10. The van der Waals surface area contributed by atoms with E-state index in [0.29, 0.717) is 10.0 Å². The van der Waals surface area contributed by atoms with Crippen molar-refractivity contribution in [3.8, 4) is 5.69 Å². The molecule has 0 amide bonds. The first-order valence-electron chi connectivity index (χ1n) is 6.69. The Balaban J connectivity index is 2.20. The summed E-state index contributed by atoms with van der Waals surface area (Å²) in [6.45, 7) is 7.50. The number of halogens is 2. The van der Waals surface area contributed by atoms with Gasteiger partial charge in [-0.2, -0.15) is 5.10 Å². The van der Waals surface area contributed by atoms with E-state index < -0.39 is 0 Å². The number of nitrogens with one attached hydrogen (secondary N) is 1. The molecule has 5 heteroatoms. The molecule has 1 aromatic heterocycles. The normalized spacial score (nSPS) is 14.2. The summed E-state index contributed by atoms with van der Waals surface area (Å²) in [5.41, 5.74) is 3.34. The molecule has 1 aliphatic rings. The molecule has 0 radical (unpaired) electrons. The minimum Gasteiger partial charge on any atom is -0.369 e. The summed E-state index contributed by atoms with van der Waals surface area (Å²) in [5, 5.41) is 9.44. The molecule has 0 bridgehead atoms. The molecule has 1 aromatic carbocycles. The third-order valence-corrected chi connectivity index (χ3v) is 3.89. The van der Waals surface area contributed by atoms with E-state index in [1.165, 1.54) is 5.56 Å². The highest BCUT2D eigenvalue weighted by Gasteiger charge is 2.29. The van der Waals surface area contributed by atoms with E-state index in [1.54, 1.807) is 6.07 Å². The molecule has 1 aliphatic heterocycles. The molecule has 2 heterocycles. The lowest BCUT2D eigenvalue weighted by Crippen LogP contribution is -2.15. The molecule has 0 atom stereocenters. The lowest BCUT2D eigenvalue weighted by atomic mass is 9.89. The van der Waals surface area contributed by atoms with Gasteiger partial charge in [-0.1, -0.05) is 44.0 Å². The second kappa shape index (κ2) is 4.68. The number of aromatic nitrogens is 2. The van der Waals surface area contributed by atoms with Crippen LogP contribution in [0.25, 0.3) is 5.69 Å². The molecular weight excluding hydrogens is 293 g/mol. The highest BCUT2D eigenvalue weighted by molar-refractivity contribution is 6.34. The molecular formula is C15H17Cl2N3. The van der Waals surface area contributed by atoms with Crippen molar-refractivity contribution in [1.29, 1.82) is 0 Å². The van der Waals surface area contributed by atoms with Crippen LogP contribution in [0, 0.1) is 0 Å². The summed E-state index contributed by atoms with van der Waals surface area (Å²) in [7, 11) is 0. The lowest BCUT2D eigenvalue weighted by molar-refractivity contribution is 0.554. The summed E-state index contributed by atoms with van der Waals surface area (Å²) >= 11 is 12.2. The fourth-order valence-electron chi connectivity index (χ4n) is 2.63. The number of fused-ring (bicyclic) bond motifs is 1. The first kappa shape index (κ1) is 13.8. The Morgan fingerprint density at radius 3 is 2.40 bits per heavy atom. The second-order valence-corrected chi connectivity index (χ2v) is 7.01. The second-order valence-electron chi connectivity index (χ2n) is 6.14. The van der Waals surface area contributed by atoms with Gasteiger partial charge < -0.3 is 5.32 Å². The largest absolute Gasteiger partial charge is 0.369 e. The van der Waals surface area contributed by atoms with Gasteiger partial charge in [-0.25, -0.2) is 4.68 Å². The van der Waals surface area contributed by atoms with E-state index in [9.17, 15) is 0 Å². The predicted molar refractivity (Wildman–Crippen MR) is 84.5 cm³/mol. The molecule has 20 heavy (non-hydrogen) atoms. The maximum atomic E-state index is 6.10. The molecule has 2 aromatic rings. The number of anilines is 1. The van der Waals surface area contributed by atoms with Gasteiger partial charge in [-0.3, -0.25) is 0 Å². The molecule has 0 spiro atoms. The molecule has 3 nitrogen and oxygen atoms in total. The van der Waals surface area contributed by atoms with Crippen molar-refractivity contribution in [3.63, 3.8) is 0 Å². The zero-order valence-electron chi connectivity index (χ0n) is 11.8. The van der Waals surface area contributed by atoms with Gasteiger partial charge in [-0.05, 0) is 24.6 Å². The van der Waals surface area contributed by atoms with Gasteiger partial charge >= 0.3 is 0 Å². The van der Waals surface area contributed by atoms with Gasteiger partial charge in [0, 0.05) is 27.6 Å². The average Bonchev–Trinajstić information content (AvgIpc) is 2.85. The summed E-state index contributed by atoms with van der Waals surface area (Å²) < 4.78 is 1.92. The third kappa shape index (κ3) is 2.29. The minimum atomic E-state index is 0.0176. The van der Waals surface area contributed by atoms with Gasteiger partial charge in [0.2, 0.25) is 0 Å². The zero-order valence-corrected chi connectivity index (χ0v) is 13.3. The van der Waals surface area contributed by atoms with Crippen molar-refractivity contribution in [2.45, 2.75) is 32.6 Å². The van der Waals surface area contributed by atoms with Gasteiger partial charge in [0.1, 0.15) is 5.82 Å². The van der Waals surface area contributed by atoms with E-state index in [-0.39, 0.29) is 5.41 Å². The van der Waals surface area contributed by atoms with Crippen molar-refractivity contribution < 1.29 is 0 Å². The molecule has 0 aliphatic carbocycles. The summed E-state index contributed by atoms with van der Waals surface area (Å²) in [4.78, 5) is 0. The van der Waals surface area contributed by atoms with Crippen LogP contribution in [-0.4, -0.2) is 16.3 Å². The number of hydrogen-bond acceptors (Lipinski definition) is 2. The Hall–Kier alpha value is -1.19. The highest BCUT2D eigenvalue weighted by atomic mass is 35.5. The quantitative estimate of drug-likeness (QED) is 0.843. The Bertz CT molecular complexity index is 648. The van der Waals surface area contributed by atoms with Crippen LogP contribution >= 0.6 is 23.2 Å². The standard InChI is InChI=1S/C15H17Cl2N3/c1-15(2,3)13-12-4-5-18-14(12)20(19-13)11-7-9(16)6-10(17)8-11/h6-8,18H,4-5H2,1-3H3. The van der Waals surface area contributed by atoms with Crippen LogP contribution in [0.5, 0.6) is 0 Å². The van der Waals surface area contributed by atoms with Crippen LogP contribution < -0.4 is 5.32 Å². The number of rotatable bonds is 1. The van der Waals surface area contributed by atoms with Crippen LogP contribution in [-0.2, 0) is 11.8 Å². The summed E-state index contributed by atoms with van der Waals surface area (Å²) in [6.07, 6.45) is 1.01. The fraction of sp³-hybridized carbons (Fsp3) is 0.400. The Labute approximate surface area is 128 Å². The molecule has 3 rings (SSSR count). The molecule has 106 valence electrons. The van der Waals surface area contributed by atoms with E-state index in [1.807, 2.05) is 16.8 Å². The average molecular weight is 310 g/mol. The van der Waals surface area contributed by atoms with Crippen LogP contribution in [0.4, 0.5) is 5.82 Å². The van der Waals surface area contributed by atoms with Crippen LogP contribution in [0.2, 0.25) is 10.0 Å². The monoisotopic (exact) mass is 309 g/mol. The smallest absolute Gasteiger partial charge is 0.133 e. The van der Waals surface area contributed by atoms with Crippen LogP contribution in [0.1, 0.15) is 32.0 Å². The van der Waals surface area contributed by atoms with Crippen molar-refractivity contribution in [3.05, 3.63) is 39.5 Å². The van der Waals surface area contributed by atoms with Crippen LogP contribution in [0.3, 0.4) is 0 Å². The van der Waals surface area contributed by atoms with E-state index >= 15 is 0 Å². The fourth-order valence-corrected chi connectivity index (χ4v) is 3.14. The first-order chi connectivity index (χ1) is 9.36. The molecule has 0 saturated heterocycles. The number of hydrogen-bond donors (Lipinski definition) is 1. The van der Waals surface area contributed by atoms with E-state index in [2.05, 4.69) is 26.1 Å². The van der Waals surface area contributed by atoms with Crippen molar-refractivity contribution >= 4 is 29.0 Å². The van der Waals surface area contributed by atoms with E-state index in [0.717, 1.165) is 30.2 Å². The van der Waals surface area contributed by atoms with Crippen molar-refractivity contribution in [2.24, 2.45) is 0 Å².